The molecule has 0 spiro atoms. The van der Waals surface area contributed by atoms with E-state index in [1.54, 1.807) is 0 Å². The van der Waals surface area contributed by atoms with Crippen LogP contribution in [0.4, 0.5) is 0 Å². The zero-order valence-electron chi connectivity index (χ0n) is 9.05. The van der Waals surface area contributed by atoms with Gasteiger partial charge < -0.3 is 5.11 Å². The van der Waals surface area contributed by atoms with E-state index in [4.69, 9.17) is 16.7 Å². The van der Waals surface area contributed by atoms with Crippen LogP contribution in [0.1, 0.15) is 51.4 Å². The van der Waals surface area contributed by atoms with Crippen LogP contribution in [0.2, 0.25) is 0 Å². The number of alkyl halides is 1. The Hall–Kier alpha value is -0.0100. The highest BCUT2D eigenvalue weighted by Crippen LogP contribution is 2.09. The van der Waals surface area contributed by atoms with Crippen LogP contribution in [0, 0.1) is 0 Å². The van der Waals surface area contributed by atoms with Crippen molar-refractivity contribution in [1.29, 1.82) is 0 Å². The van der Waals surface area contributed by atoms with Crippen molar-refractivity contribution in [3.05, 3.63) is 12.2 Å². The van der Waals surface area contributed by atoms with E-state index in [0.717, 1.165) is 12.3 Å². The Labute approximate surface area is 93.2 Å². The normalized spacial score (nSPS) is 11.3. The summed E-state index contributed by atoms with van der Waals surface area (Å²) in [5.74, 6) is 0.811. The van der Waals surface area contributed by atoms with Crippen LogP contribution in [0.25, 0.3) is 0 Å². The molecule has 0 aromatic carbocycles. The van der Waals surface area contributed by atoms with Crippen LogP contribution in [0.15, 0.2) is 12.2 Å². The summed E-state index contributed by atoms with van der Waals surface area (Å²) in [6, 6.07) is 0. The van der Waals surface area contributed by atoms with E-state index >= 15 is 0 Å². The summed E-state index contributed by atoms with van der Waals surface area (Å²) in [5.41, 5.74) is 0. The standard InChI is InChI=1S/C12H23ClO/c13-11-9-7-5-3-1-2-4-6-8-10-12-14/h8,10,14H,1-7,9,11-12H2/b10-8+. The van der Waals surface area contributed by atoms with E-state index in [0.29, 0.717) is 0 Å². The number of hydrogen-bond donors (Lipinski definition) is 1. The molecular weight excluding hydrogens is 196 g/mol. The first-order valence-corrected chi connectivity index (χ1v) is 6.27. The van der Waals surface area contributed by atoms with Gasteiger partial charge in [-0.25, -0.2) is 0 Å². The third kappa shape index (κ3) is 12.0. The largest absolute Gasteiger partial charge is 0.392 e. The average molecular weight is 219 g/mol. The van der Waals surface area contributed by atoms with Crippen molar-refractivity contribution < 1.29 is 5.11 Å². The Morgan fingerprint density at radius 2 is 1.36 bits per heavy atom. The van der Waals surface area contributed by atoms with Gasteiger partial charge in [0.25, 0.3) is 0 Å². The van der Waals surface area contributed by atoms with Crippen molar-refractivity contribution >= 4 is 11.6 Å². The lowest BCUT2D eigenvalue weighted by molar-refractivity contribution is 0.342. The SMILES string of the molecule is OC/C=C/CCCCCCCCCCl. The predicted octanol–water partition coefficient (Wildman–Crippen LogP) is 3.89. The van der Waals surface area contributed by atoms with Crippen molar-refractivity contribution in [3.63, 3.8) is 0 Å². The molecular formula is C12H23ClO. The molecule has 1 nitrogen and oxygen atoms in total. The number of hydrogen-bond acceptors (Lipinski definition) is 1. The molecule has 0 aliphatic rings. The van der Waals surface area contributed by atoms with Crippen molar-refractivity contribution in [2.45, 2.75) is 51.4 Å². The highest BCUT2D eigenvalue weighted by Gasteiger charge is 1.90. The first-order chi connectivity index (χ1) is 6.91. The molecule has 0 radical (unpaired) electrons. The quantitative estimate of drug-likeness (QED) is 0.335. The summed E-state index contributed by atoms with van der Waals surface area (Å²) in [4.78, 5) is 0. The van der Waals surface area contributed by atoms with Gasteiger partial charge in [0.1, 0.15) is 0 Å². The Kier molecular flexibility index (Phi) is 13.0. The van der Waals surface area contributed by atoms with Crippen LogP contribution in [0.3, 0.4) is 0 Å². The minimum atomic E-state index is 0.179. The monoisotopic (exact) mass is 218 g/mol. The Bertz CT molecular complexity index is 123. The molecule has 1 N–H and O–H groups in total. The van der Waals surface area contributed by atoms with Gasteiger partial charge >= 0.3 is 0 Å². The molecule has 0 rings (SSSR count). The van der Waals surface area contributed by atoms with Crippen molar-refractivity contribution in [2.24, 2.45) is 0 Å². The van der Waals surface area contributed by atoms with Crippen LogP contribution in [-0.4, -0.2) is 17.6 Å². The lowest BCUT2D eigenvalue weighted by Gasteiger charge is -1.99. The first kappa shape index (κ1) is 14.0. The summed E-state index contributed by atoms with van der Waals surface area (Å²) in [6.45, 7) is 0.179. The molecule has 0 aliphatic heterocycles. The van der Waals surface area contributed by atoms with Gasteiger partial charge in [-0.1, -0.05) is 44.3 Å². The third-order valence-corrected chi connectivity index (χ3v) is 2.54. The number of aliphatic hydroxyl groups is 1. The predicted molar refractivity (Wildman–Crippen MR) is 63.9 cm³/mol. The maximum Gasteiger partial charge on any atom is 0.0612 e. The van der Waals surface area contributed by atoms with E-state index in [1.807, 2.05) is 6.08 Å². The number of allylic oxidation sites excluding steroid dienone is 1. The summed E-state index contributed by atoms with van der Waals surface area (Å²) in [7, 11) is 0. The highest BCUT2D eigenvalue weighted by molar-refractivity contribution is 6.17. The topological polar surface area (TPSA) is 20.2 Å². The fraction of sp³-hybridized carbons (Fsp3) is 0.833. The molecule has 84 valence electrons. The van der Waals surface area contributed by atoms with Gasteiger partial charge in [0.2, 0.25) is 0 Å². The molecule has 0 bridgehead atoms. The third-order valence-electron chi connectivity index (χ3n) is 2.28. The van der Waals surface area contributed by atoms with Gasteiger partial charge in [-0.05, 0) is 19.3 Å². The number of rotatable bonds is 10. The van der Waals surface area contributed by atoms with Gasteiger partial charge in [0, 0.05) is 5.88 Å². The number of aliphatic hydroxyl groups excluding tert-OH is 1. The van der Waals surface area contributed by atoms with Crippen molar-refractivity contribution in [1.82, 2.24) is 0 Å². The summed E-state index contributed by atoms with van der Waals surface area (Å²) < 4.78 is 0. The fourth-order valence-electron chi connectivity index (χ4n) is 1.43. The second kappa shape index (κ2) is 13.0. The molecule has 0 fully saturated rings. The maximum atomic E-state index is 8.49. The second-order valence-corrected chi connectivity index (χ2v) is 3.98. The van der Waals surface area contributed by atoms with E-state index in [1.165, 1.54) is 44.9 Å². The Morgan fingerprint density at radius 3 is 1.93 bits per heavy atom. The molecule has 0 saturated heterocycles. The van der Waals surface area contributed by atoms with E-state index in [2.05, 4.69) is 6.08 Å². The van der Waals surface area contributed by atoms with Crippen LogP contribution < -0.4 is 0 Å². The first-order valence-electron chi connectivity index (χ1n) is 5.73. The van der Waals surface area contributed by atoms with Crippen molar-refractivity contribution in [3.8, 4) is 0 Å². The molecule has 0 saturated carbocycles. The van der Waals surface area contributed by atoms with Gasteiger partial charge in [0.05, 0.1) is 6.61 Å². The van der Waals surface area contributed by atoms with E-state index in [-0.39, 0.29) is 6.61 Å². The smallest absolute Gasteiger partial charge is 0.0612 e. The molecule has 14 heavy (non-hydrogen) atoms. The minimum Gasteiger partial charge on any atom is -0.392 e. The zero-order chi connectivity index (χ0) is 10.5. The second-order valence-electron chi connectivity index (χ2n) is 3.61. The molecule has 0 aromatic heterocycles. The van der Waals surface area contributed by atoms with Gasteiger partial charge in [-0.15, -0.1) is 11.6 Å². The van der Waals surface area contributed by atoms with Crippen LogP contribution >= 0.6 is 11.6 Å². The van der Waals surface area contributed by atoms with Crippen LogP contribution in [-0.2, 0) is 0 Å². The zero-order valence-corrected chi connectivity index (χ0v) is 9.81. The minimum absolute atomic E-state index is 0.179. The van der Waals surface area contributed by atoms with Gasteiger partial charge in [-0.2, -0.15) is 0 Å². The lowest BCUT2D eigenvalue weighted by Crippen LogP contribution is -1.81. The summed E-state index contributed by atoms with van der Waals surface area (Å²) in [5, 5.41) is 8.49. The Balaban J connectivity index is 2.88. The molecule has 0 unspecified atom stereocenters. The molecule has 2 heteroatoms. The van der Waals surface area contributed by atoms with E-state index in [9.17, 15) is 0 Å². The van der Waals surface area contributed by atoms with E-state index < -0.39 is 0 Å². The molecule has 0 aliphatic carbocycles. The average Bonchev–Trinajstić information content (AvgIpc) is 2.21. The van der Waals surface area contributed by atoms with Gasteiger partial charge in [-0.3, -0.25) is 0 Å². The Morgan fingerprint density at radius 1 is 0.786 bits per heavy atom. The summed E-state index contributed by atoms with van der Waals surface area (Å²) >= 11 is 5.58. The maximum absolute atomic E-state index is 8.49. The van der Waals surface area contributed by atoms with Crippen molar-refractivity contribution in [2.75, 3.05) is 12.5 Å². The highest BCUT2D eigenvalue weighted by atomic mass is 35.5. The molecule has 0 amide bonds. The molecule has 0 aromatic rings. The molecule has 0 heterocycles. The lowest BCUT2D eigenvalue weighted by atomic mass is 10.1. The van der Waals surface area contributed by atoms with Crippen LogP contribution in [0.5, 0.6) is 0 Å². The number of halogens is 1. The summed E-state index contributed by atoms with van der Waals surface area (Å²) in [6.07, 6.45) is 14.0. The number of unbranched alkanes of at least 4 members (excludes halogenated alkanes) is 7. The molecule has 0 atom stereocenters. The van der Waals surface area contributed by atoms with Gasteiger partial charge in [0.15, 0.2) is 0 Å². The fourth-order valence-corrected chi connectivity index (χ4v) is 1.62.